The van der Waals surface area contributed by atoms with E-state index < -0.39 is 85.3 Å². The molecule has 5 aliphatic rings. The molecule has 0 bridgehead atoms. The zero-order chi connectivity index (χ0) is 27.5. The van der Waals surface area contributed by atoms with E-state index in [1.165, 1.54) is 0 Å². The molecule has 0 amide bonds. The normalized spacial score (nSPS) is 43.5. The summed E-state index contributed by atoms with van der Waals surface area (Å²) >= 11 is 0. The number of hydrogen-bond acceptors (Lipinski definition) is 11. The molecule has 5 rings (SSSR count). The molecular weight excluding hydrogens is 502 g/mol. The summed E-state index contributed by atoms with van der Waals surface area (Å²) in [5.74, 6) is -3.51. The summed E-state index contributed by atoms with van der Waals surface area (Å²) in [7, 11) is 0. The van der Waals surface area contributed by atoms with Crippen molar-refractivity contribution in [3.05, 3.63) is 22.8 Å². The van der Waals surface area contributed by atoms with Gasteiger partial charge in [-0.1, -0.05) is 11.1 Å². The number of aliphatic hydroxyl groups excluding tert-OH is 4. The molecule has 38 heavy (non-hydrogen) atoms. The van der Waals surface area contributed by atoms with E-state index in [1.54, 1.807) is 24.8 Å². The Morgan fingerprint density at radius 1 is 1.16 bits per heavy atom. The predicted molar refractivity (Wildman–Crippen MR) is 127 cm³/mol. The Hall–Kier alpha value is -2.19. The molecule has 210 valence electrons. The maximum atomic E-state index is 13.3. The molecule has 0 aromatic carbocycles. The molecular formula is C26H35NO11. The lowest BCUT2D eigenvalue weighted by molar-refractivity contribution is -0.316. The van der Waals surface area contributed by atoms with Crippen LogP contribution in [0.25, 0.3) is 0 Å². The summed E-state index contributed by atoms with van der Waals surface area (Å²) in [6, 6.07) is -0.720. The largest absolute Gasteiger partial charge is 0.480 e. The lowest BCUT2D eigenvalue weighted by Gasteiger charge is -2.42. The van der Waals surface area contributed by atoms with Gasteiger partial charge in [0.05, 0.1) is 18.6 Å². The molecule has 12 heteroatoms. The number of carboxylic acids is 1. The molecule has 3 heterocycles. The first-order valence-corrected chi connectivity index (χ1v) is 13.1. The number of carboxylic acid groups (broad SMARTS) is 1. The third kappa shape index (κ3) is 4.51. The number of hydrogen-bond donors (Lipinski definition) is 5. The zero-order valence-electron chi connectivity index (χ0n) is 21.3. The van der Waals surface area contributed by atoms with Gasteiger partial charge in [0.15, 0.2) is 12.1 Å². The molecule has 11 atom stereocenters. The quantitative estimate of drug-likeness (QED) is 0.254. The molecule has 0 aromatic rings. The Kier molecular flexibility index (Phi) is 7.50. The van der Waals surface area contributed by atoms with Crippen LogP contribution in [-0.2, 0) is 28.6 Å². The lowest BCUT2D eigenvalue weighted by atomic mass is 9.78. The number of fused-ring (bicyclic) bond motifs is 3. The van der Waals surface area contributed by atoms with Crippen molar-refractivity contribution in [3.63, 3.8) is 0 Å². The Balaban J connectivity index is 1.49. The van der Waals surface area contributed by atoms with Gasteiger partial charge in [-0.15, -0.1) is 0 Å². The third-order valence-electron chi connectivity index (χ3n) is 8.79. The summed E-state index contributed by atoms with van der Waals surface area (Å²) < 4.78 is 17.7. The molecule has 12 nitrogen and oxygen atoms in total. The Morgan fingerprint density at radius 2 is 1.89 bits per heavy atom. The van der Waals surface area contributed by atoms with Gasteiger partial charge in [0.2, 0.25) is 0 Å². The lowest BCUT2D eigenvalue weighted by Crippen LogP contribution is -2.60. The Morgan fingerprint density at radius 3 is 2.58 bits per heavy atom. The minimum absolute atomic E-state index is 0.128. The van der Waals surface area contributed by atoms with Crippen molar-refractivity contribution in [2.24, 2.45) is 17.8 Å². The van der Waals surface area contributed by atoms with Crippen molar-refractivity contribution in [2.45, 2.75) is 82.1 Å². The van der Waals surface area contributed by atoms with Gasteiger partial charge in [-0.05, 0) is 45.7 Å². The van der Waals surface area contributed by atoms with Crippen LogP contribution in [0.2, 0.25) is 0 Å². The second-order valence-corrected chi connectivity index (χ2v) is 11.1. The monoisotopic (exact) mass is 537 g/mol. The first-order chi connectivity index (χ1) is 18.0. The molecule has 3 saturated heterocycles. The van der Waals surface area contributed by atoms with Crippen molar-refractivity contribution in [1.29, 1.82) is 0 Å². The highest BCUT2D eigenvalue weighted by Gasteiger charge is 2.58. The number of nitrogens with zero attached hydrogens (tertiary/aromatic N) is 1. The number of ketones is 1. The standard InChI is InChI=1S/C26H35NO11/c1-10-6-14(29)17-11(2)7-15(36-26-22(32)21(31)20(30)16(9-28)37-26)19-12(25(35)38-23(19)18(10)17)8-27-5-3-4-13(27)24(33)34/h6,12-13,15-16,18-23,26,28,30-32H,3-5,7-9H2,1-2H3,(H,33,34)/t12?,13?,15-,16+,18-,19+,20+,21-,22+,23+,26+/m0/s1. The van der Waals surface area contributed by atoms with Gasteiger partial charge in [-0.3, -0.25) is 19.3 Å². The minimum atomic E-state index is -1.64. The highest BCUT2D eigenvalue weighted by molar-refractivity contribution is 6.09. The number of ether oxygens (including phenoxy) is 3. The molecule has 5 N–H and O–H groups in total. The highest BCUT2D eigenvalue weighted by atomic mass is 16.7. The Labute approximate surface area is 219 Å². The number of likely N-dealkylation sites (tertiary alicyclic amines) is 1. The minimum Gasteiger partial charge on any atom is -0.480 e. The van der Waals surface area contributed by atoms with Crippen LogP contribution in [0.1, 0.15) is 33.1 Å². The van der Waals surface area contributed by atoms with Crippen molar-refractivity contribution >= 4 is 17.7 Å². The van der Waals surface area contributed by atoms with Crippen molar-refractivity contribution in [1.82, 2.24) is 4.90 Å². The average Bonchev–Trinajstić information content (AvgIpc) is 3.52. The van der Waals surface area contributed by atoms with E-state index >= 15 is 0 Å². The van der Waals surface area contributed by atoms with Gasteiger partial charge >= 0.3 is 11.9 Å². The molecule has 2 aliphatic carbocycles. The third-order valence-corrected chi connectivity index (χ3v) is 8.79. The Bertz CT molecular complexity index is 1050. The number of carbonyl (C=O) groups excluding carboxylic acids is 2. The molecule has 0 spiro atoms. The predicted octanol–water partition coefficient (Wildman–Crippen LogP) is -1.26. The molecule has 3 fully saturated rings. The first kappa shape index (κ1) is 27.4. The fourth-order valence-electron chi connectivity index (χ4n) is 6.91. The molecule has 2 unspecified atom stereocenters. The highest BCUT2D eigenvalue weighted by Crippen LogP contribution is 2.49. The maximum absolute atomic E-state index is 13.3. The number of carbonyl (C=O) groups is 3. The van der Waals surface area contributed by atoms with E-state index in [1.807, 2.05) is 0 Å². The van der Waals surface area contributed by atoms with Gasteiger partial charge in [-0.25, -0.2) is 0 Å². The summed E-state index contributed by atoms with van der Waals surface area (Å²) in [6.07, 6.45) is -6.14. The number of allylic oxidation sites excluding steroid dienone is 1. The van der Waals surface area contributed by atoms with E-state index in [0.717, 1.165) is 11.1 Å². The second kappa shape index (κ2) is 10.4. The van der Waals surface area contributed by atoms with Crippen molar-refractivity contribution in [2.75, 3.05) is 19.7 Å². The van der Waals surface area contributed by atoms with Gasteiger partial charge in [0.25, 0.3) is 0 Å². The molecule has 0 aromatic heterocycles. The van der Waals surface area contributed by atoms with Gasteiger partial charge in [0, 0.05) is 24.0 Å². The van der Waals surface area contributed by atoms with Crippen LogP contribution in [0.4, 0.5) is 0 Å². The fourth-order valence-corrected chi connectivity index (χ4v) is 6.91. The summed E-state index contributed by atoms with van der Waals surface area (Å²) in [4.78, 5) is 39.8. The summed E-state index contributed by atoms with van der Waals surface area (Å²) in [5, 5.41) is 50.4. The van der Waals surface area contributed by atoms with E-state index in [4.69, 9.17) is 14.2 Å². The molecule has 3 aliphatic heterocycles. The first-order valence-electron chi connectivity index (χ1n) is 13.1. The van der Waals surface area contributed by atoms with Crippen LogP contribution in [0.5, 0.6) is 0 Å². The van der Waals surface area contributed by atoms with E-state index in [2.05, 4.69) is 0 Å². The van der Waals surface area contributed by atoms with Crippen molar-refractivity contribution in [3.8, 4) is 0 Å². The van der Waals surface area contributed by atoms with Crippen molar-refractivity contribution < 1.29 is 54.1 Å². The molecule has 0 radical (unpaired) electrons. The van der Waals surface area contributed by atoms with E-state index in [-0.39, 0.29) is 18.7 Å². The van der Waals surface area contributed by atoms with Gasteiger partial charge < -0.3 is 39.7 Å². The number of esters is 1. The van der Waals surface area contributed by atoms with Crippen LogP contribution < -0.4 is 0 Å². The van der Waals surface area contributed by atoms with Crippen LogP contribution in [0, 0.1) is 17.8 Å². The SMILES string of the molecule is CC1=CC(=O)C2=C(C)C[C@H](O[C@@H]3O[C@H](CO)[C@@H](O)[C@H](O)[C@H]3O)[C@H]3C(CN4CCCC4C(=O)O)C(=O)O[C@@H]3[C@@H]12. The summed E-state index contributed by atoms with van der Waals surface area (Å²) in [6.45, 7) is 3.62. The van der Waals surface area contributed by atoms with Crippen LogP contribution >= 0.6 is 0 Å². The second-order valence-electron chi connectivity index (χ2n) is 11.1. The van der Waals surface area contributed by atoms with Gasteiger partial charge in [-0.2, -0.15) is 0 Å². The van der Waals surface area contributed by atoms with Crippen LogP contribution in [0.15, 0.2) is 22.8 Å². The van der Waals surface area contributed by atoms with E-state index in [0.29, 0.717) is 25.0 Å². The topological polar surface area (TPSA) is 183 Å². The fraction of sp³-hybridized carbons (Fsp3) is 0.731. The summed E-state index contributed by atoms with van der Waals surface area (Å²) in [5.41, 5.74) is 2.03. The zero-order valence-corrected chi connectivity index (χ0v) is 21.3. The maximum Gasteiger partial charge on any atom is 0.320 e. The smallest absolute Gasteiger partial charge is 0.320 e. The number of aliphatic carboxylic acids is 1. The van der Waals surface area contributed by atoms with Gasteiger partial charge in [0.1, 0.15) is 36.6 Å². The number of rotatable bonds is 6. The van der Waals surface area contributed by atoms with Crippen LogP contribution in [-0.4, -0.2) is 117 Å². The van der Waals surface area contributed by atoms with E-state index in [9.17, 15) is 39.9 Å². The van der Waals surface area contributed by atoms with Crippen LogP contribution in [0.3, 0.4) is 0 Å². The molecule has 0 saturated carbocycles. The average molecular weight is 538 g/mol. The number of aliphatic hydroxyl groups is 4.